The Bertz CT molecular complexity index is 468. The molecule has 1 spiro atoms. The van der Waals surface area contributed by atoms with Crippen LogP contribution in [0.1, 0.15) is 5.56 Å². The lowest BCUT2D eigenvalue weighted by Crippen LogP contribution is -2.66. The first kappa shape index (κ1) is 12.2. The zero-order chi connectivity index (χ0) is 12.8. The first-order valence-electron chi connectivity index (χ1n) is 6.09. The van der Waals surface area contributed by atoms with Crippen LogP contribution in [0.2, 0.25) is 5.02 Å². The molecule has 0 atom stereocenters. The van der Waals surface area contributed by atoms with E-state index in [0.717, 1.165) is 32.0 Å². The summed E-state index contributed by atoms with van der Waals surface area (Å²) in [6.45, 7) is 4.05. The molecule has 0 aromatic heterocycles. The number of anilines is 1. The molecule has 2 aliphatic rings. The Balaban J connectivity index is 1.85. The van der Waals surface area contributed by atoms with E-state index in [1.54, 1.807) is 6.07 Å². The maximum absolute atomic E-state index is 14.0. The summed E-state index contributed by atoms with van der Waals surface area (Å²) < 4.78 is 19.3. The van der Waals surface area contributed by atoms with Gasteiger partial charge in [-0.15, -0.1) is 0 Å². The maximum Gasteiger partial charge on any atom is 0.148 e. The summed E-state index contributed by atoms with van der Waals surface area (Å²) in [5, 5.41) is 3.18. The summed E-state index contributed by atoms with van der Waals surface area (Å²) in [4.78, 5) is 2.20. The highest BCUT2D eigenvalue weighted by Crippen LogP contribution is 2.42. The molecule has 3 nitrogen and oxygen atoms in total. The predicted octanol–water partition coefficient (Wildman–Crippen LogP) is 2.04. The molecule has 2 aliphatic heterocycles. The van der Waals surface area contributed by atoms with Crippen molar-refractivity contribution in [3.63, 3.8) is 0 Å². The van der Waals surface area contributed by atoms with E-state index in [2.05, 4.69) is 10.2 Å². The summed E-state index contributed by atoms with van der Waals surface area (Å²) >= 11 is 5.84. The van der Waals surface area contributed by atoms with Crippen molar-refractivity contribution in [1.82, 2.24) is 5.32 Å². The third kappa shape index (κ3) is 1.79. The van der Waals surface area contributed by atoms with E-state index < -0.39 is 0 Å². The quantitative estimate of drug-likeness (QED) is 0.910. The molecule has 1 aromatic rings. The van der Waals surface area contributed by atoms with Crippen molar-refractivity contribution in [2.24, 2.45) is 5.41 Å². The standard InChI is InChI=1S/C13H16ClFN2O/c1-16-4-9-11(3-2-10(14)12(9)15)17-5-13(6-17)7-18-8-13/h2-3,16H,4-8H2,1H3. The smallest absolute Gasteiger partial charge is 0.148 e. The predicted molar refractivity (Wildman–Crippen MR) is 69.6 cm³/mol. The lowest BCUT2D eigenvalue weighted by atomic mass is 9.77. The van der Waals surface area contributed by atoms with Crippen molar-refractivity contribution < 1.29 is 9.13 Å². The zero-order valence-electron chi connectivity index (χ0n) is 10.3. The van der Waals surface area contributed by atoms with Crippen molar-refractivity contribution in [3.05, 3.63) is 28.5 Å². The van der Waals surface area contributed by atoms with E-state index in [1.165, 1.54) is 0 Å². The van der Waals surface area contributed by atoms with Crippen LogP contribution in [-0.2, 0) is 11.3 Å². The number of nitrogens with zero attached hydrogens (tertiary/aromatic N) is 1. The van der Waals surface area contributed by atoms with E-state index >= 15 is 0 Å². The minimum absolute atomic E-state index is 0.186. The van der Waals surface area contributed by atoms with Crippen LogP contribution in [0, 0.1) is 11.2 Å². The fourth-order valence-electron chi connectivity index (χ4n) is 2.73. The molecule has 0 unspecified atom stereocenters. The molecule has 0 bridgehead atoms. The molecule has 5 heteroatoms. The first-order chi connectivity index (χ1) is 8.65. The first-order valence-corrected chi connectivity index (χ1v) is 6.47. The second-order valence-electron chi connectivity index (χ2n) is 5.24. The largest absolute Gasteiger partial charge is 0.380 e. The van der Waals surface area contributed by atoms with E-state index in [4.69, 9.17) is 16.3 Å². The van der Waals surface area contributed by atoms with E-state index in [-0.39, 0.29) is 10.8 Å². The number of benzene rings is 1. The lowest BCUT2D eigenvalue weighted by molar-refractivity contribution is -0.127. The van der Waals surface area contributed by atoms with Gasteiger partial charge >= 0.3 is 0 Å². The number of halogens is 2. The molecule has 98 valence electrons. The lowest BCUT2D eigenvalue weighted by Gasteiger charge is -2.56. The number of ether oxygens (including phenoxy) is 1. The highest BCUT2D eigenvalue weighted by atomic mass is 35.5. The minimum atomic E-state index is -0.311. The van der Waals surface area contributed by atoms with Crippen molar-refractivity contribution in [3.8, 4) is 0 Å². The number of rotatable bonds is 3. The summed E-state index contributed by atoms with van der Waals surface area (Å²) in [6, 6.07) is 3.54. The van der Waals surface area contributed by atoms with Gasteiger partial charge in [-0.1, -0.05) is 11.6 Å². The van der Waals surface area contributed by atoms with Crippen molar-refractivity contribution >= 4 is 17.3 Å². The van der Waals surface area contributed by atoms with Crippen LogP contribution in [-0.4, -0.2) is 33.4 Å². The van der Waals surface area contributed by atoms with Gasteiger partial charge in [-0.3, -0.25) is 0 Å². The molecule has 3 rings (SSSR count). The Labute approximate surface area is 111 Å². The summed E-state index contributed by atoms with van der Waals surface area (Å²) in [5.41, 5.74) is 1.93. The molecule has 1 N–H and O–H groups in total. The van der Waals surface area contributed by atoms with Crippen LogP contribution in [0.3, 0.4) is 0 Å². The normalized spacial score (nSPS) is 20.7. The van der Waals surface area contributed by atoms with Crippen molar-refractivity contribution in [1.29, 1.82) is 0 Å². The van der Waals surface area contributed by atoms with Gasteiger partial charge in [0.25, 0.3) is 0 Å². The average molecular weight is 271 g/mol. The molecule has 0 saturated carbocycles. The van der Waals surface area contributed by atoms with Gasteiger partial charge in [0.05, 0.1) is 23.7 Å². The molecule has 0 amide bonds. The van der Waals surface area contributed by atoms with Gasteiger partial charge < -0.3 is 15.0 Å². The fourth-order valence-corrected chi connectivity index (χ4v) is 2.91. The third-order valence-corrected chi connectivity index (χ3v) is 4.03. The number of hydrogen-bond acceptors (Lipinski definition) is 3. The molecule has 2 heterocycles. The Morgan fingerprint density at radius 1 is 1.44 bits per heavy atom. The monoisotopic (exact) mass is 270 g/mol. The van der Waals surface area contributed by atoms with Gasteiger partial charge in [-0.2, -0.15) is 0 Å². The molecular weight excluding hydrogens is 255 g/mol. The highest BCUT2D eigenvalue weighted by Gasteiger charge is 2.49. The van der Waals surface area contributed by atoms with E-state index in [9.17, 15) is 4.39 Å². The fraction of sp³-hybridized carbons (Fsp3) is 0.538. The molecule has 18 heavy (non-hydrogen) atoms. The van der Waals surface area contributed by atoms with Gasteiger partial charge in [0, 0.05) is 30.9 Å². The second-order valence-corrected chi connectivity index (χ2v) is 5.65. The minimum Gasteiger partial charge on any atom is -0.380 e. The molecular formula is C13H16ClFN2O. The summed E-state index contributed by atoms with van der Waals surface area (Å²) in [6.07, 6.45) is 0. The van der Waals surface area contributed by atoms with Gasteiger partial charge in [0.1, 0.15) is 5.82 Å². The van der Waals surface area contributed by atoms with Gasteiger partial charge in [-0.25, -0.2) is 4.39 Å². The van der Waals surface area contributed by atoms with Gasteiger partial charge in [0.2, 0.25) is 0 Å². The SMILES string of the molecule is CNCc1c(N2CC3(COC3)C2)ccc(Cl)c1F. The van der Waals surface area contributed by atoms with Crippen LogP contribution in [0.15, 0.2) is 12.1 Å². The van der Waals surface area contributed by atoms with Gasteiger partial charge in [-0.05, 0) is 19.2 Å². The van der Waals surface area contributed by atoms with Crippen LogP contribution in [0.4, 0.5) is 10.1 Å². The van der Waals surface area contributed by atoms with Crippen LogP contribution >= 0.6 is 11.6 Å². The third-order valence-electron chi connectivity index (χ3n) is 3.73. The topological polar surface area (TPSA) is 24.5 Å². The molecule has 1 aromatic carbocycles. The zero-order valence-corrected chi connectivity index (χ0v) is 11.1. The van der Waals surface area contributed by atoms with Crippen LogP contribution in [0.5, 0.6) is 0 Å². The van der Waals surface area contributed by atoms with Gasteiger partial charge in [0.15, 0.2) is 0 Å². The highest BCUT2D eigenvalue weighted by molar-refractivity contribution is 6.30. The van der Waals surface area contributed by atoms with Crippen LogP contribution < -0.4 is 10.2 Å². The Morgan fingerprint density at radius 3 is 2.72 bits per heavy atom. The van der Waals surface area contributed by atoms with Crippen LogP contribution in [0.25, 0.3) is 0 Å². The molecule has 2 saturated heterocycles. The van der Waals surface area contributed by atoms with E-state index in [0.29, 0.717) is 17.5 Å². The maximum atomic E-state index is 14.0. The molecule has 0 radical (unpaired) electrons. The Kier molecular flexibility index (Phi) is 2.96. The molecule has 0 aliphatic carbocycles. The number of hydrogen-bond donors (Lipinski definition) is 1. The summed E-state index contributed by atoms with van der Waals surface area (Å²) in [5.74, 6) is -0.311. The molecule has 2 fully saturated rings. The Morgan fingerprint density at radius 2 is 2.17 bits per heavy atom. The average Bonchev–Trinajstić information content (AvgIpc) is 2.24. The number of nitrogens with one attached hydrogen (secondary N) is 1. The van der Waals surface area contributed by atoms with Crippen molar-refractivity contribution in [2.45, 2.75) is 6.54 Å². The summed E-state index contributed by atoms with van der Waals surface area (Å²) in [7, 11) is 1.81. The van der Waals surface area contributed by atoms with E-state index in [1.807, 2.05) is 13.1 Å². The Hall–Kier alpha value is -0.840. The van der Waals surface area contributed by atoms with Crippen molar-refractivity contribution in [2.75, 3.05) is 38.3 Å². The second kappa shape index (κ2) is 4.37.